The van der Waals surface area contributed by atoms with Gasteiger partial charge in [0.05, 0.1) is 13.2 Å². The van der Waals surface area contributed by atoms with Crippen molar-refractivity contribution < 1.29 is 4.74 Å². The number of nitrogens with one attached hydrogen (secondary N) is 1. The van der Waals surface area contributed by atoms with E-state index in [2.05, 4.69) is 34.8 Å². The number of ether oxygens (including phenoxy) is 1. The first-order chi connectivity index (χ1) is 9.31. The molecule has 0 amide bonds. The number of benzene rings is 1. The molecule has 1 N–H and O–H groups in total. The lowest BCUT2D eigenvalue weighted by Gasteiger charge is -2.21. The van der Waals surface area contributed by atoms with Crippen LogP contribution in [0, 0.1) is 0 Å². The molecule has 1 heterocycles. The van der Waals surface area contributed by atoms with Crippen LogP contribution in [0.3, 0.4) is 0 Å². The zero-order valence-electron chi connectivity index (χ0n) is 11.8. The maximum Gasteiger partial charge on any atom is 0.130 e. The lowest BCUT2D eigenvalue weighted by atomic mass is 10.0. The number of imidazole rings is 1. The van der Waals surface area contributed by atoms with Gasteiger partial charge in [0.25, 0.3) is 0 Å². The topological polar surface area (TPSA) is 39.1 Å². The van der Waals surface area contributed by atoms with E-state index < -0.39 is 0 Å². The molecule has 2 rings (SSSR count). The molecule has 0 aliphatic carbocycles. The summed E-state index contributed by atoms with van der Waals surface area (Å²) in [6.07, 6.45) is 3.85. The lowest BCUT2D eigenvalue weighted by molar-refractivity contribution is 0.402. The Labute approximate surface area is 114 Å². The van der Waals surface area contributed by atoms with E-state index in [0.29, 0.717) is 0 Å². The molecule has 2 aromatic rings. The highest BCUT2D eigenvalue weighted by atomic mass is 16.5. The summed E-state index contributed by atoms with van der Waals surface area (Å²) in [5.74, 6) is 1.91. The molecule has 1 aromatic heterocycles. The van der Waals surface area contributed by atoms with Crippen LogP contribution in [-0.4, -0.2) is 23.2 Å². The van der Waals surface area contributed by atoms with Crippen LogP contribution in [0.15, 0.2) is 36.7 Å². The molecule has 0 radical (unpaired) electrons. The summed E-state index contributed by atoms with van der Waals surface area (Å²) in [6.45, 7) is 6.00. The fraction of sp³-hybridized carbons (Fsp3) is 0.400. The largest absolute Gasteiger partial charge is 0.496 e. The lowest BCUT2D eigenvalue weighted by Crippen LogP contribution is -2.25. The number of aryl methyl sites for hydroxylation is 1. The van der Waals surface area contributed by atoms with E-state index in [4.69, 9.17) is 4.74 Å². The van der Waals surface area contributed by atoms with Gasteiger partial charge in [-0.3, -0.25) is 0 Å². The van der Waals surface area contributed by atoms with Crippen molar-refractivity contribution in [2.75, 3.05) is 13.7 Å². The summed E-state index contributed by atoms with van der Waals surface area (Å²) >= 11 is 0. The Balaban J connectivity index is 2.45. The van der Waals surface area contributed by atoms with Crippen molar-refractivity contribution in [2.45, 2.75) is 26.4 Å². The monoisotopic (exact) mass is 259 g/mol. The Hall–Kier alpha value is -1.81. The number of methoxy groups -OCH3 is 1. The molecule has 1 aromatic carbocycles. The molecule has 0 fully saturated rings. The Kier molecular flexibility index (Phi) is 4.58. The summed E-state index contributed by atoms with van der Waals surface area (Å²) in [4.78, 5) is 4.50. The standard InChI is InChI=1S/C15H21N3O/c1-4-16-14(15-17-10-11-18(15)5-2)12-8-6-7-9-13(12)19-3/h6-11,14,16H,4-5H2,1-3H3. The van der Waals surface area contributed by atoms with Crippen molar-refractivity contribution in [3.05, 3.63) is 48.0 Å². The van der Waals surface area contributed by atoms with E-state index in [9.17, 15) is 0 Å². The smallest absolute Gasteiger partial charge is 0.130 e. The third-order valence-corrected chi connectivity index (χ3v) is 3.20. The minimum absolute atomic E-state index is 0.0519. The number of para-hydroxylation sites is 1. The second-order valence-electron chi connectivity index (χ2n) is 4.30. The molecular formula is C15H21N3O. The van der Waals surface area contributed by atoms with Crippen LogP contribution < -0.4 is 10.1 Å². The highest BCUT2D eigenvalue weighted by molar-refractivity contribution is 5.39. The van der Waals surface area contributed by atoms with E-state index in [1.54, 1.807) is 7.11 Å². The van der Waals surface area contributed by atoms with E-state index in [-0.39, 0.29) is 6.04 Å². The van der Waals surface area contributed by atoms with Crippen LogP contribution >= 0.6 is 0 Å². The van der Waals surface area contributed by atoms with E-state index in [1.165, 1.54) is 0 Å². The van der Waals surface area contributed by atoms with E-state index in [0.717, 1.165) is 30.2 Å². The second-order valence-corrected chi connectivity index (χ2v) is 4.30. The van der Waals surface area contributed by atoms with Gasteiger partial charge in [-0.05, 0) is 19.5 Å². The molecule has 19 heavy (non-hydrogen) atoms. The van der Waals surface area contributed by atoms with Crippen molar-refractivity contribution in [1.82, 2.24) is 14.9 Å². The molecule has 0 spiro atoms. The summed E-state index contributed by atoms with van der Waals surface area (Å²) in [6, 6.07) is 8.13. The zero-order chi connectivity index (χ0) is 13.7. The van der Waals surface area contributed by atoms with Gasteiger partial charge in [0.1, 0.15) is 11.6 Å². The molecular weight excluding hydrogens is 238 g/mol. The summed E-state index contributed by atoms with van der Waals surface area (Å²) < 4.78 is 7.62. The second kappa shape index (κ2) is 6.38. The zero-order valence-corrected chi connectivity index (χ0v) is 11.8. The molecule has 0 aliphatic rings. The van der Waals surface area contributed by atoms with Crippen molar-refractivity contribution in [2.24, 2.45) is 0 Å². The summed E-state index contributed by atoms with van der Waals surface area (Å²) in [7, 11) is 1.70. The number of hydrogen-bond donors (Lipinski definition) is 1. The minimum atomic E-state index is 0.0519. The van der Waals surface area contributed by atoms with Crippen LogP contribution in [0.25, 0.3) is 0 Å². The highest BCUT2D eigenvalue weighted by Gasteiger charge is 2.20. The number of nitrogens with zero attached hydrogens (tertiary/aromatic N) is 2. The van der Waals surface area contributed by atoms with Gasteiger partial charge in [-0.2, -0.15) is 0 Å². The van der Waals surface area contributed by atoms with Crippen LogP contribution in [0.1, 0.15) is 31.3 Å². The Morgan fingerprint density at radius 2 is 2.11 bits per heavy atom. The molecule has 102 valence electrons. The molecule has 1 unspecified atom stereocenters. The van der Waals surface area contributed by atoms with Crippen LogP contribution in [-0.2, 0) is 6.54 Å². The third kappa shape index (κ3) is 2.79. The Bertz CT molecular complexity index is 522. The summed E-state index contributed by atoms with van der Waals surface area (Å²) in [5, 5.41) is 3.49. The van der Waals surface area contributed by atoms with Crippen LogP contribution in [0.5, 0.6) is 5.75 Å². The number of rotatable bonds is 6. The van der Waals surface area contributed by atoms with Crippen molar-refractivity contribution in [3.63, 3.8) is 0 Å². The third-order valence-electron chi connectivity index (χ3n) is 3.20. The van der Waals surface area contributed by atoms with Crippen molar-refractivity contribution >= 4 is 0 Å². The predicted octanol–water partition coefficient (Wildman–Crippen LogP) is 2.61. The van der Waals surface area contributed by atoms with Gasteiger partial charge in [-0.1, -0.05) is 25.1 Å². The molecule has 0 saturated heterocycles. The first kappa shape index (κ1) is 13.6. The van der Waals surface area contributed by atoms with E-state index >= 15 is 0 Å². The minimum Gasteiger partial charge on any atom is -0.496 e. The number of aromatic nitrogens is 2. The first-order valence-corrected chi connectivity index (χ1v) is 6.69. The van der Waals surface area contributed by atoms with Crippen molar-refractivity contribution in [1.29, 1.82) is 0 Å². The molecule has 0 saturated carbocycles. The van der Waals surface area contributed by atoms with Gasteiger partial charge in [0.15, 0.2) is 0 Å². The van der Waals surface area contributed by atoms with Gasteiger partial charge < -0.3 is 14.6 Å². The number of hydrogen-bond acceptors (Lipinski definition) is 3. The maximum absolute atomic E-state index is 5.47. The van der Waals surface area contributed by atoms with Gasteiger partial charge in [-0.15, -0.1) is 0 Å². The fourth-order valence-electron chi connectivity index (χ4n) is 2.30. The SMILES string of the molecule is CCNC(c1ccccc1OC)c1nccn1CC. The van der Waals surface area contributed by atoms with Gasteiger partial charge in [0, 0.05) is 24.5 Å². The van der Waals surface area contributed by atoms with Gasteiger partial charge in [-0.25, -0.2) is 4.98 Å². The average Bonchev–Trinajstić information content (AvgIpc) is 2.93. The Morgan fingerprint density at radius 3 is 2.79 bits per heavy atom. The first-order valence-electron chi connectivity index (χ1n) is 6.69. The predicted molar refractivity (Wildman–Crippen MR) is 76.4 cm³/mol. The summed E-state index contributed by atoms with van der Waals surface area (Å²) in [5.41, 5.74) is 1.12. The van der Waals surface area contributed by atoms with Crippen LogP contribution in [0.4, 0.5) is 0 Å². The normalized spacial score (nSPS) is 12.4. The average molecular weight is 259 g/mol. The van der Waals surface area contributed by atoms with Gasteiger partial charge >= 0.3 is 0 Å². The molecule has 0 bridgehead atoms. The Morgan fingerprint density at radius 1 is 1.32 bits per heavy atom. The highest BCUT2D eigenvalue weighted by Crippen LogP contribution is 2.28. The maximum atomic E-state index is 5.47. The molecule has 0 aliphatic heterocycles. The van der Waals surface area contributed by atoms with Gasteiger partial charge in [0.2, 0.25) is 0 Å². The molecule has 1 atom stereocenters. The van der Waals surface area contributed by atoms with E-state index in [1.807, 2.05) is 30.6 Å². The van der Waals surface area contributed by atoms with Crippen molar-refractivity contribution in [3.8, 4) is 5.75 Å². The molecule has 4 nitrogen and oxygen atoms in total. The quantitative estimate of drug-likeness (QED) is 0.866. The molecule has 4 heteroatoms. The fourth-order valence-corrected chi connectivity index (χ4v) is 2.30. The van der Waals surface area contributed by atoms with Crippen LogP contribution in [0.2, 0.25) is 0 Å².